The number of nitrogens with one attached hydrogen (secondary N) is 1. The molecule has 4 heteroatoms. The van der Waals surface area contributed by atoms with E-state index in [4.69, 9.17) is 5.73 Å². The number of anilines is 2. The van der Waals surface area contributed by atoms with E-state index >= 15 is 0 Å². The van der Waals surface area contributed by atoms with E-state index in [1.54, 1.807) is 6.07 Å². The van der Waals surface area contributed by atoms with Crippen LogP contribution in [0.3, 0.4) is 0 Å². The number of hydrogen-bond donors (Lipinski definition) is 2. The van der Waals surface area contributed by atoms with Crippen molar-refractivity contribution in [1.82, 2.24) is 4.90 Å². The highest BCUT2D eigenvalue weighted by Gasteiger charge is 2.16. The van der Waals surface area contributed by atoms with Gasteiger partial charge in [-0.2, -0.15) is 0 Å². The Morgan fingerprint density at radius 2 is 2.12 bits per heavy atom. The largest absolute Gasteiger partial charge is 0.397 e. The van der Waals surface area contributed by atoms with E-state index in [0.717, 1.165) is 25.3 Å². The summed E-state index contributed by atoms with van der Waals surface area (Å²) in [6.07, 6.45) is 2.43. The fourth-order valence-electron chi connectivity index (χ4n) is 2.22. The molecule has 1 aliphatic rings. The minimum atomic E-state index is -0.285. The number of halogens is 1. The minimum absolute atomic E-state index is 0.285. The third-order valence-electron chi connectivity index (χ3n) is 3.43. The molecule has 0 atom stereocenters. The first-order chi connectivity index (χ1) is 8.15. The predicted molar refractivity (Wildman–Crippen MR) is 69.5 cm³/mol. The van der Waals surface area contributed by atoms with Gasteiger partial charge in [0.1, 0.15) is 5.82 Å². The molecule has 0 radical (unpaired) electrons. The molecule has 17 heavy (non-hydrogen) atoms. The Morgan fingerprint density at radius 3 is 2.76 bits per heavy atom. The second-order valence-electron chi connectivity index (χ2n) is 4.86. The van der Waals surface area contributed by atoms with Crippen molar-refractivity contribution in [3.8, 4) is 0 Å². The Bertz CT molecular complexity index is 373. The van der Waals surface area contributed by atoms with Gasteiger partial charge >= 0.3 is 0 Å². The Morgan fingerprint density at radius 1 is 1.41 bits per heavy atom. The van der Waals surface area contributed by atoms with Crippen LogP contribution in [0.15, 0.2) is 18.2 Å². The monoisotopic (exact) mass is 237 g/mol. The fourth-order valence-corrected chi connectivity index (χ4v) is 2.22. The Kier molecular flexibility index (Phi) is 3.84. The van der Waals surface area contributed by atoms with Crippen LogP contribution in [0, 0.1) is 11.7 Å². The van der Waals surface area contributed by atoms with Crippen molar-refractivity contribution in [2.45, 2.75) is 12.8 Å². The van der Waals surface area contributed by atoms with Crippen LogP contribution >= 0.6 is 0 Å². The molecule has 1 fully saturated rings. The van der Waals surface area contributed by atoms with Crippen molar-refractivity contribution in [2.24, 2.45) is 5.92 Å². The number of piperidine rings is 1. The first kappa shape index (κ1) is 12.2. The van der Waals surface area contributed by atoms with Crippen molar-refractivity contribution in [3.63, 3.8) is 0 Å². The maximum atomic E-state index is 12.9. The SMILES string of the molecule is CN1CCC(CNc2ccc(F)cc2N)CC1. The van der Waals surface area contributed by atoms with Gasteiger partial charge in [-0.05, 0) is 57.1 Å². The first-order valence-electron chi connectivity index (χ1n) is 6.12. The first-order valence-corrected chi connectivity index (χ1v) is 6.12. The molecular formula is C13H20FN3. The standard InChI is InChI=1S/C13H20FN3/c1-17-6-4-10(5-7-17)9-16-13-3-2-11(14)8-12(13)15/h2-3,8,10,16H,4-7,9,15H2,1H3. The zero-order valence-electron chi connectivity index (χ0n) is 10.2. The number of rotatable bonds is 3. The number of likely N-dealkylation sites (tertiary alicyclic amines) is 1. The van der Waals surface area contributed by atoms with Crippen LogP contribution in [0.1, 0.15) is 12.8 Å². The van der Waals surface area contributed by atoms with Gasteiger partial charge in [-0.25, -0.2) is 4.39 Å². The predicted octanol–water partition coefficient (Wildman–Crippen LogP) is 2.16. The van der Waals surface area contributed by atoms with Gasteiger partial charge in [-0.3, -0.25) is 0 Å². The van der Waals surface area contributed by atoms with E-state index in [1.807, 2.05) is 0 Å². The lowest BCUT2D eigenvalue weighted by Gasteiger charge is -2.29. The summed E-state index contributed by atoms with van der Waals surface area (Å²) in [5.41, 5.74) is 7.07. The normalized spacial score (nSPS) is 18.2. The molecule has 1 saturated heterocycles. The van der Waals surface area contributed by atoms with Crippen molar-refractivity contribution in [2.75, 3.05) is 37.7 Å². The van der Waals surface area contributed by atoms with Gasteiger partial charge in [0.05, 0.1) is 11.4 Å². The molecule has 0 bridgehead atoms. The van der Waals surface area contributed by atoms with Crippen LogP contribution in [-0.2, 0) is 0 Å². The van der Waals surface area contributed by atoms with Crippen LogP contribution in [0.5, 0.6) is 0 Å². The van der Waals surface area contributed by atoms with E-state index in [9.17, 15) is 4.39 Å². The van der Waals surface area contributed by atoms with Crippen molar-refractivity contribution < 1.29 is 4.39 Å². The lowest BCUT2D eigenvalue weighted by molar-refractivity contribution is 0.226. The molecule has 94 valence electrons. The molecule has 1 heterocycles. The third-order valence-corrected chi connectivity index (χ3v) is 3.43. The van der Waals surface area contributed by atoms with Gasteiger partial charge in [0.15, 0.2) is 0 Å². The molecule has 1 aromatic carbocycles. The number of nitrogens with two attached hydrogens (primary N) is 1. The van der Waals surface area contributed by atoms with Gasteiger partial charge in [-0.1, -0.05) is 0 Å². The van der Waals surface area contributed by atoms with E-state index in [2.05, 4.69) is 17.3 Å². The Balaban J connectivity index is 1.85. The molecule has 0 unspecified atom stereocenters. The van der Waals surface area contributed by atoms with Crippen LogP contribution in [0.4, 0.5) is 15.8 Å². The average molecular weight is 237 g/mol. The molecule has 0 spiro atoms. The molecule has 0 aliphatic carbocycles. The molecule has 0 saturated carbocycles. The zero-order valence-corrected chi connectivity index (χ0v) is 10.2. The second-order valence-corrected chi connectivity index (χ2v) is 4.86. The number of nitrogen functional groups attached to an aromatic ring is 1. The molecule has 0 aromatic heterocycles. The second kappa shape index (κ2) is 5.36. The Hall–Kier alpha value is -1.29. The fraction of sp³-hybridized carbons (Fsp3) is 0.538. The lowest BCUT2D eigenvalue weighted by Crippen LogP contribution is -2.33. The maximum Gasteiger partial charge on any atom is 0.125 e. The summed E-state index contributed by atoms with van der Waals surface area (Å²) in [6.45, 7) is 3.24. The van der Waals surface area contributed by atoms with Gasteiger partial charge in [0.2, 0.25) is 0 Å². The van der Waals surface area contributed by atoms with Crippen LogP contribution in [-0.4, -0.2) is 31.6 Å². The summed E-state index contributed by atoms with van der Waals surface area (Å²) in [7, 11) is 2.15. The highest BCUT2D eigenvalue weighted by molar-refractivity contribution is 5.65. The summed E-state index contributed by atoms with van der Waals surface area (Å²) in [5, 5.41) is 3.31. The summed E-state index contributed by atoms with van der Waals surface area (Å²) >= 11 is 0. The van der Waals surface area contributed by atoms with Gasteiger partial charge in [0.25, 0.3) is 0 Å². The van der Waals surface area contributed by atoms with Crippen LogP contribution in [0.2, 0.25) is 0 Å². The number of nitrogens with zero attached hydrogens (tertiary/aromatic N) is 1. The van der Waals surface area contributed by atoms with Gasteiger partial charge < -0.3 is 16.0 Å². The quantitative estimate of drug-likeness (QED) is 0.792. The smallest absolute Gasteiger partial charge is 0.125 e. The van der Waals surface area contributed by atoms with Crippen molar-refractivity contribution >= 4 is 11.4 Å². The molecule has 3 N–H and O–H groups in total. The van der Waals surface area contributed by atoms with E-state index < -0.39 is 0 Å². The molecule has 1 aliphatic heterocycles. The number of hydrogen-bond acceptors (Lipinski definition) is 3. The maximum absolute atomic E-state index is 12.9. The van der Waals surface area contributed by atoms with Gasteiger partial charge in [0, 0.05) is 6.54 Å². The van der Waals surface area contributed by atoms with Crippen molar-refractivity contribution in [1.29, 1.82) is 0 Å². The topological polar surface area (TPSA) is 41.3 Å². The summed E-state index contributed by atoms with van der Waals surface area (Å²) in [6, 6.07) is 4.50. The molecule has 1 aromatic rings. The Labute approximate surface area is 102 Å². The van der Waals surface area contributed by atoms with Crippen molar-refractivity contribution in [3.05, 3.63) is 24.0 Å². The highest BCUT2D eigenvalue weighted by Crippen LogP contribution is 2.21. The summed E-state index contributed by atoms with van der Waals surface area (Å²) in [4.78, 5) is 2.35. The minimum Gasteiger partial charge on any atom is -0.397 e. The molecular weight excluding hydrogens is 217 g/mol. The van der Waals surface area contributed by atoms with Crippen LogP contribution in [0.25, 0.3) is 0 Å². The zero-order chi connectivity index (χ0) is 12.3. The van der Waals surface area contributed by atoms with Gasteiger partial charge in [-0.15, -0.1) is 0 Å². The number of benzene rings is 1. The molecule has 0 amide bonds. The summed E-state index contributed by atoms with van der Waals surface area (Å²) in [5.74, 6) is 0.406. The highest BCUT2D eigenvalue weighted by atomic mass is 19.1. The summed E-state index contributed by atoms with van der Waals surface area (Å²) < 4.78 is 12.9. The van der Waals surface area contributed by atoms with E-state index in [0.29, 0.717) is 11.6 Å². The van der Waals surface area contributed by atoms with E-state index in [1.165, 1.54) is 25.0 Å². The average Bonchev–Trinajstić information content (AvgIpc) is 2.30. The molecule has 3 nitrogen and oxygen atoms in total. The molecule has 2 rings (SSSR count). The lowest BCUT2D eigenvalue weighted by atomic mass is 9.97. The van der Waals surface area contributed by atoms with Crippen LogP contribution < -0.4 is 11.1 Å². The van der Waals surface area contributed by atoms with E-state index in [-0.39, 0.29) is 5.82 Å². The third kappa shape index (κ3) is 3.33.